The number of nitrogens with zero attached hydrogens (tertiary/aromatic N) is 3. The molecule has 4 aromatic rings. The van der Waals surface area contributed by atoms with Crippen LogP contribution in [-0.4, -0.2) is 32.5 Å². The molecule has 0 aliphatic rings. The van der Waals surface area contributed by atoms with Crippen molar-refractivity contribution in [3.63, 3.8) is 0 Å². The number of nitrogens with one attached hydrogen (secondary N) is 1. The minimum atomic E-state index is -0.335. The number of benzene rings is 2. The van der Waals surface area contributed by atoms with Gasteiger partial charge in [-0.15, -0.1) is 21.5 Å². The molecule has 2 aromatic carbocycles. The summed E-state index contributed by atoms with van der Waals surface area (Å²) in [5, 5.41) is 14.1. The third-order valence-corrected chi connectivity index (χ3v) is 6.92. The molecule has 4 rings (SSSR count). The number of carbonyl (C=O) groups excluding carboxylic acids is 1. The van der Waals surface area contributed by atoms with Gasteiger partial charge in [0.05, 0.1) is 11.8 Å². The molecule has 5 nitrogen and oxygen atoms in total. The van der Waals surface area contributed by atoms with E-state index in [2.05, 4.69) is 21.6 Å². The minimum Gasteiger partial charge on any atom is -0.355 e. The summed E-state index contributed by atoms with van der Waals surface area (Å²) in [6, 6.07) is 20.3. The molecule has 0 saturated carbocycles. The number of amides is 1. The summed E-state index contributed by atoms with van der Waals surface area (Å²) in [6.45, 7) is 3.02. The van der Waals surface area contributed by atoms with Gasteiger partial charge in [-0.1, -0.05) is 48.2 Å². The molecule has 1 N–H and O–H groups in total. The van der Waals surface area contributed by atoms with Crippen LogP contribution in [0.3, 0.4) is 0 Å². The maximum absolute atomic E-state index is 13.4. The van der Waals surface area contributed by atoms with Crippen LogP contribution >= 0.6 is 23.1 Å². The van der Waals surface area contributed by atoms with Crippen LogP contribution in [0, 0.1) is 5.82 Å². The first-order chi connectivity index (χ1) is 15.6. The third kappa shape index (κ3) is 5.63. The predicted molar refractivity (Wildman–Crippen MR) is 127 cm³/mol. The number of hydrogen-bond donors (Lipinski definition) is 1. The summed E-state index contributed by atoms with van der Waals surface area (Å²) in [5.41, 5.74) is 1.86. The molecule has 2 aromatic heterocycles. The van der Waals surface area contributed by atoms with Crippen molar-refractivity contribution in [2.24, 2.45) is 0 Å². The molecule has 0 saturated heterocycles. The van der Waals surface area contributed by atoms with E-state index in [0.717, 1.165) is 17.5 Å². The third-order valence-electron chi connectivity index (χ3n) is 4.90. The van der Waals surface area contributed by atoms with Gasteiger partial charge in [0, 0.05) is 17.0 Å². The molecule has 164 valence electrons. The standard InChI is InChI=1S/C24H23FN4OS2/c1-17(23(30)26-14-13-21-8-5-15-31-21)32-24-28-27-22(19-9-11-20(25)12-10-19)29(24)16-18-6-3-2-4-7-18/h2-12,15,17H,13-14,16H2,1H3,(H,26,30)/t17-/m0/s1. The molecule has 0 aliphatic carbocycles. The van der Waals surface area contributed by atoms with Crippen LogP contribution in [0.1, 0.15) is 17.4 Å². The molecular weight excluding hydrogens is 443 g/mol. The average Bonchev–Trinajstić information content (AvgIpc) is 3.46. The Labute approximate surface area is 194 Å². The van der Waals surface area contributed by atoms with E-state index < -0.39 is 0 Å². The SMILES string of the molecule is C[C@H](Sc1nnc(-c2ccc(F)cc2)n1Cc1ccccc1)C(=O)NCCc1cccs1. The molecule has 2 heterocycles. The van der Waals surface area contributed by atoms with Gasteiger partial charge < -0.3 is 5.32 Å². The van der Waals surface area contributed by atoms with Crippen LogP contribution < -0.4 is 5.32 Å². The van der Waals surface area contributed by atoms with Crippen molar-refractivity contribution in [2.45, 2.75) is 30.3 Å². The van der Waals surface area contributed by atoms with Gasteiger partial charge in [-0.05, 0) is 54.6 Å². The molecule has 0 aliphatic heterocycles. The highest BCUT2D eigenvalue weighted by Gasteiger charge is 2.21. The van der Waals surface area contributed by atoms with E-state index in [-0.39, 0.29) is 17.0 Å². The van der Waals surface area contributed by atoms with E-state index in [1.807, 2.05) is 53.3 Å². The van der Waals surface area contributed by atoms with Crippen molar-refractivity contribution in [3.05, 3.63) is 88.4 Å². The Morgan fingerprint density at radius 3 is 2.59 bits per heavy atom. The molecule has 8 heteroatoms. The van der Waals surface area contributed by atoms with Gasteiger partial charge in [0.25, 0.3) is 0 Å². The second kappa shape index (κ2) is 10.6. The predicted octanol–water partition coefficient (Wildman–Crippen LogP) is 5.03. The van der Waals surface area contributed by atoms with Gasteiger partial charge in [0.1, 0.15) is 5.82 Å². The van der Waals surface area contributed by atoms with Crippen LogP contribution in [0.5, 0.6) is 0 Å². The molecule has 32 heavy (non-hydrogen) atoms. The summed E-state index contributed by atoms with van der Waals surface area (Å²) in [7, 11) is 0. The van der Waals surface area contributed by atoms with Gasteiger partial charge in [0.2, 0.25) is 5.91 Å². The Morgan fingerprint density at radius 2 is 1.88 bits per heavy atom. The quantitative estimate of drug-likeness (QED) is 0.351. The van der Waals surface area contributed by atoms with Gasteiger partial charge in [0.15, 0.2) is 11.0 Å². The lowest BCUT2D eigenvalue weighted by Gasteiger charge is -2.14. The molecule has 0 unspecified atom stereocenters. The number of thioether (sulfide) groups is 1. The molecule has 1 atom stereocenters. The van der Waals surface area contributed by atoms with Crippen LogP contribution in [0.2, 0.25) is 0 Å². The Balaban J connectivity index is 1.50. The zero-order chi connectivity index (χ0) is 22.3. The van der Waals surface area contributed by atoms with Gasteiger partial charge in [-0.25, -0.2) is 4.39 Å². The Kier molecular flexibility index (Phi) is 7.34. The van der Waals surface area contributed by atoms with E-state index in [9.17, 15) is 9.18 Å². The summed E-state index contributed by atoms with van der Waals surface area (Å²) < 4.78 is 15.4. The smallest absolute Gasteiger partial charge is 0.233 e. The largest absolute Gasteiger partial charge is 0.355 e. The first kappa shape index (κ1) is 22.2. The fourth-order valence-electron chi connectivity index (χ4n) is 3.22. The zero-order valence-electron chi connectivity index (χ0n) is 17.6. The first-order valence-corrected chi connectivity index (χ1v) is 12.1. The summed E-state index contributed by atoms with van der Waals surface area (Å²) in [5.74, 6) is 0.302. The van der Waals surface area contributed by atoms with Gasteiger partial charge in [-0.2, -0.15) is 0 Å². The van der Waals surface area contributed by atoms with Crippen molar-refractivity contribution < 1.29 is 9.18 Å². The number of carbonyl (C=O) groups is 1. The maximum atomic E-state index is 13.4. The maximum Gasteiger partial charge on any atom is 0.233 e. The molecule has 0 fully saturated rings. The number of thiophene rings is 1. The lowest BCUT2D eigenvalue weighted by molar-refractivity contribution is -0.120. The lowest BCUT2D eigenvalue weighted by atomic mass is 10.2. The highest BCUT2D eigenvalue weighted by atomic mass is 32.2. The number of halogens is 1. The fraction of sp³-hybridized carbons (Fsp3) is 0.208. The number of aromatic nitrogens is 3. The van der Waals surface area contributed by atoms with Crippen molar-refractivity contribution in [3.8, 4) is 11.4 Å². The highest BCUT2D eigenvalue weighted by Crippen LogP contribution is 2.28. The van der Waals surface area contributed by atoms with Gasteiger partial charge >= 0.3 is 0 Å². The molecule has 0 radical (unpaired) electrons. The molecule has 0 bridgehead atoms. The van der Waals surface area contributed by atoms with E-state index in [1.165, 1.54) is 28.8 Å². The Morgan fingerprint density at radius 1 is 1.09 bits per heavy atom. The van der Waals surface area contributed by atoms with E-state index >= 15 is 0 Å². The average molecular weight is 467 g/mol. The summed E-state index contributed by atoms with van der Waals surface area (Å²) in [6.07, 6.45) is 0.819. The highest BCUT2D eigenvalue weighted by molar-refractivity contribution is 8.00. The molecular formula is C24H23FN4OS2. The van der Waals surface area contributed by atoms with Crippen LogP contribution in [-0.2, 0) is 17.8 Å². The van der Waals surface area contributed by atoms with Crippen LogP contribution in [0.4, 0.5) is 4.39 Å². The van der Waals surface area contributed by atoms with Crippen molar-refractivity contribution >= 4 is 29.0 Å². The van der Waals surface area contributed by atoms with E-state index in [1.54, 1.807) is 23.5 Å². The fourth-order valence-corrected chi connectivity index (χ4v) is 4.80. The summed E-state index contributed by atoms with van der Waals surface area (Å²) in [4.78, 5) is 13.9. The van der Waals surface area contributed by atoms with Crippen molar-refractivity contribution in [1.29, 1.82) is 0 Å². The van der Waals surface area contributed by atoms with Gasteiger partial charge in [-0.3, -0.25) is 9.36 Å². The molecule has 0 spiro atoms. The Hall–Kier alpha value is -2.97. The summed E-state index contributed by atoms with van der Waals surface area (Å²) >= 11 is 3.06. The topological polar surface area (TPSA) is 59.8 Å². The first-order valence-electron chi connectivity index (χ1n) is 10.3. The van der Waals surface area contributed by atoms with E-state index in [0.29, 0.717) is 24.1 Å². The van der Waals surface area contributed by atoms with E-state index in [4.69, 9.17) is 0 Å². The monoisotopic (exact) mass is 466 g/mol. The van der Waals surface area contributed by atoms with Crippen LogP contribution in [0.15, 0.2) is 77.3 Å². The molecule has 1 amide bonds. The van der Waals surface area contributed by atoms with Crippen LogP contribution in [0.25, 0.3) is 11.4 Å². The van der Waals surface area contributed by atoms with Crippen molar-refractivity contribution in [2.75, 3.05) is 6.54 Å². The lowest BCUT2D eigenvalue weighted by Crippen LogP contribution is -2.32. The second-order valence-corrected chi connectivity index (χ2v) is 9.61. The normalized spacial score (nSPS) is 11.9. The van der Waals surface area contributed by atoms with Crippen molar-refractivity contribution in [1.82, 2.24) is 20.1 Å². The second-order valence-electron chi connectivity index (χ2n) is 7.27. The zero-order valence-corrected chi connectivity index (χ0v) is 19.2. The minimum absolute atomic E-state index is 0.0378. The number of hydrogen-bond acceptors (Lipinski definition) is 5. The number of rotatable bonds is 9. The Bertz CT molecular complexity index is 1140.